The van der Waals surface area contributed by atoms with Crippen LogP contribution in [0.15, 0.2) is 30.6 Å². The fourth-order valence-corrected chi connectivity index (χ4v) is 1.75. The van der Waals surface area contributed by atoms with Gasteiger partial charge in [-0.05, 0) is 31.2 Å². The Balaban J connectivity index is 2.07. The Bertz CT molecular complexity index is 559. The molecule has 0 aliphatic carbocycles. The molecule has 0 radical (unpaired) electrons. The van der Waals surface area contributed by atoms with Crippen molar-refractivity contribution in [3.63, 3.8) is 0 Å². The van der Waals surface area contributed by atoms with Crippen molar-refractivity contribution in [3.05, 3.63) is 30.6 Å². The number of hydrogen-bond donors (Lipinski definition) is 2. The van der Waals surface area contributed by atoms with Crippen LogP contribution in [0.1, 0.15) is 13.3 Å². The monoisotopic (exact) mass is 259 g/mol. The fourth-order valence-electron chi connectivity index (χ4n) is 1.75. The number of hydrogen-bond acceptors (Lipinski definition) is 4. The second kappa shape index (κ2) is 5.62. The SMILES string of the molecule is CC(N)CC(=O)Nc1ccc(-c2nncn2C)cc1. The molecule has 2 aromatic rings. The Kier molecular flexibility index (Phi) is 3.91. The van der Waals surface area contributed by atoms with Crippen LogP contribution >= 0.6 is 0 Å². The van der Waals surface area contributed by atoms with E-state index in [-0.39, 0.29) is 11.9 Å². The van der Waals surface area contributed by atoms with Crippen LogP contribution in [-0.4, -0.2) is 26.7 Å². The number of aryl methyl sites for hydroxylation is 1. The molecule has 0 aliphatic rings. The number of amides is 1. The predicted molar refractivity (Wildman–Crippen MR) is 73.3 cm³/mol. The summed E-state index contributed by atoms with van der Waals surface area (Å²) in [5.74, 6) is 0.704. The molecule has 1 amide bonds. The first kappa shape index (κ1) is 13.2. The third-order valence-electron chi connectivity index (χ3n) is 2.65. The lowest BCUT2D eigenvalue weighted by molar-refractivity contribution is -0.116. The average Bonchev–Trinajstić information content (AvgIpc) is 2.75. The summed E-state index contributed by atoms with van der Waals surface area (Å²) in [4.78, 5) is 11.6. The maximum absolute atomic E-state index is 11.6. The minimum atomic E-state index is -0.141. The molecule has 100 valence electrons. The van der Waals surface area contributed by atoms with Gasteiger partial charge in [0.15, 0.2) is 5.82 Å². The summed E-state index contributed by atoms with van der Waals surface area (Å²) in [7, 11) is 1.88. The zero-order valence-electron chi connectivity index (χ0n) is 11.0. The smallest absolute Gasteiger partial charge is 0.225 e. The second-order valence-electron chi connectivity index (χ2n) is 4.57. The zero-order chi connectivity index (χ0) is 13.8. The molecule has 0 saturated heterocycles. The first-order valence-corrected chi connectivity index (χ1v) is 6.06. The molecule has 1 heterocycles. The molecular formula is C13H17N5O. The minimum absolute atomic E-state index is 0.0820. The molecule has 2 rings (SSSR count). The summed E-state index contributed by atoms with van der Waals surface area (Å²) in [6.45, 7) is 1.80. The Morgan fingerprint density at radius 2 is 2.11 bits per heavy atom. The van der Waals surface area contributed by atoms with Gasteiger partial charge in [0.1, 0.15) is 6.33 Å². The number of nitrogens with zero attached hydrogens (tertiary/aromatic N) is 3. The number of anilines is 1. The molecule has 6 heteroatoms. The van der Waals surface area contributed by atoms with Crippen molar-refractivity contribution in [2.45, 2.75) is 19.4 Å². The molecule has 0 spiro atoms. The molecule has 0 aliphatic heterocycles. The van der Waals surface area contributed by atoms with Gasteiger partial charge in [0.05, 0.1) is 0 Å². The van der Waals surface area contributed by atoms with Crippen LogP contribution in [0.4, 0.5) is 5.69 Å². The largest absolute Gasteiger partial charge is 0.327 e. The van der Waals surface area contributed by atoms with Gasteiger partial charge < -0.3 is 15.6 Å². The van der Waals surface area contributed by atoms with Gasteiger partial charge in [-0.2, -0.15) is 0 Å². The van der Waals surface area contributed by atoms with Crippen molar-refractivity contribution in [1.29, 1.82) is 0 Å². The van der Waals surface area contributed by atoms with E-state index in [9.17, 15) is 4.79 Å². The molecule has 0 saturated carbocycles. The highest BCUT2D eigenvalue weighted by Crippen LogP contribution is 2.18. The van der Waals surface area contributed by atoms with Crippen molar-refractivity contribution in [3.8, 4) is 11.4 Å². The summed E-state index contributed by atoms with van der Waals surface area (Å²) < 4.78 is 1.84. The van der Waals surface area contributed by atoms with E-state index in [1.165, 1.54) is 0 Å². The third-order valence-corrected chi connectivity index (χ3v) is 2.65. The molecule has 0 fully saturated rings. The van der Waals surface area contributed by atoms with Gasteiger partial charge in [-0.1, -0.05) is 0 Å². The van der Waals surface area contributed by atoms with Crippen molar-refractivity contribution >= 4 is 11.6 Å². The first-order chi connectivity index (χ1) is 9.06. The van der Waals surface area contributed by atoms with Crippen LogP contribution in [-0.2, 0) is 11.8 Å². The topological polar surface area (TPSA) is 85.8 Å². The van der Waals surface area contributed by atoms with Gasteiger partial charge in [-0.25, -0.2) is 0 Å². The van der Waals surface area contributed by atoms with Gasteiger partial charge in [0.2, 0.25) is 5.91 Å². The molecule has 1 aromatic carbocycles. The number of aromatic nitrogens is 3. The summed E-state index contributed by atoms with van der Waals surface area (Å²) in [5, 5.41) is 10.7. The third kappa shape index (κ3) is 3.38. The quantitative estimate of drug-likeness (QED) is 0.862. The van der Waals surface area contributed by atoms with Crippen LogP contribution in [0, 0.1) is 0 Å². The van der Waals surface area contributed by atoms with E-state index in [1.54, 1.807) is 13.3 Å². The maximum atomic E-state index is 11.6. The van der Waals surface area contributed by atoms with Crippen molar-refractivity contribution in [1.82, 2.24) is 14.8 Å². The second-order valence-corrected chi connectivity index (χ2v) is 4.57. The lowest BCUT2D eigenvalue weighted by Crippen LogP contribution is -2.23. The van der Waals surface area contributed by atoms with Crippen LogP contribution < -0.4 is 11.1 Å². The Morgan fingerprint density at radius 3 is 2.63 bits per heavy atom. The van der Waals surface area contributed by atoms with Crippen LogP contribution in [0.2, 0.25) is 0 Å². The Hall–Kier alpha value is -2.21. The van der Waals surface area contributed by atoms with E-state index in [2.05, 4.69) is 15.5 Å². The van der Waals surface area contributed by atoms with Crippen molar-refractivity contribution in [2.24, 2.45) is 12.8 Å². The average molecular weight is 259 g/mol. The molecule has 1 atom stereocenters. The van der Waals surface area contributed by atoms with E-state index >= 15 is 0 Å². The summed E-state index contributed by atoms with van der Waals surface area (Å²) >= 11 is 0. The first-order valence-electron chi connectivity index (χ1n) is 6.06. The number of carbonyl (C=O) groups is 1. The maximum Gasteiger partial charge on any atom is 0.225 e. The van der Waals surface area contributed by atoms with E-state index in [0.717, 1.165) is 17.1 Å². The molecule has 19 heavy (non-hydrogen) atoms. The number of benzene rings is 1. The van der Waals surface area contributed by atoms with Crippen LogP contribution in [0.25, 0.3) is 11.4 Å². The zero-order valence-corrected chi connectivity index (χ0v) is 11.0. The van der Waals surface area contributed by atoms with Gasteiger partial charge in [0.25, 0.3) is 0 Å². The molecular weight excluding hydrogens is 242 g/mol. The van der Waals surface area contributed by atoms with E-state index < -0.39 is 0 Å². The molecule has 3 N–H and O–H groups in total. The summed E-state index contributed by atoms with van der Waals surface area (Å²) in [5.41, 5.74) is 7.27. The lowest BCUT2D eigenvalue weighted by atomic mass is 10.2. The highest BCUT2D eigenvalue weighted by molar-refractivity contribution is 5.91. The highest BCUT2D eigenvalue weighted by Gasteiger charge is 2.07. The fraction of sp³-hybridized carbons (Fsp3) is 0.308. The Labute approximate surface area is 111 Å². The van der Waals surface area contributed by atoms with Gasteiger partial charge in [0, 0.05) is 30.8 Å². The Morgan fingerprint density at radius 1 is 1.42 bits per heavy atom. The summed E-state index contributed by atoms with van der Waals surface area (Å²) in [6, 6.07) is 7.32. The standard InChI is InChI=1S/C13H17N5O/c1-9(14)7-12(19)16-11-5-3-10(4-6-11)13-17-15-8-18(13)2/h3-6,8-9H,7,14H2,1-2H3,(H,16,19). The van der Waals surface area contributed by atoms with E-state index in [1.807, 2.05) is 35.9 Å². The molecule has 6 nitrogen and oxygen atoms in total. The minimum Gasteiger partial charge on any atom is -0.327 e. The molecule has 1 aromatic heterocycles. The van der Waals surface area contributed by atoms with Crippen LogP contribution in [0.3, 0.4) is 0 Å². The number of nitrogens with one attached hydrogen (secondary N) is 1. The van der Waals surface area contributed by atoms with Gasteiger partial charge in [-0.15, -0.1) is 10.2 Å². The molecule has 0 bridgehead atoms. The van der Waals surface area contributed by atoms with E-state index in [4.69, 9.17) is 5.73 Å². The van der Waals surface area contributed by atoms with Gasteiger partial charge >= 0.3 is 0 Å². The highest BCUT2D eigenvalue weighted by atomic mass is 16.1. The normalized spacial score (nSPS) is 12.2. The number of carbonyl (C=O) groups excluding carboxylic acids is 1. The lowest BCUT2D eigenvalue weighted by Gasteiger charge is -2.08. The number of rotatable bonds is 4. The van der Waals surface area contributed by atoms with Crippen LogP contribution in [0.5, 0.6) is 0 Å². The van der Waals surface area contributed by atoms with Crippen molar-refractivity contribution < 1.29 is 4.79 Å². The summed E-state index contributed by atoms with van der Waals surface area (Å²) in [6.07, 6.45) is 1.96. The number of nitrogens with two attached hydrogens (primary N) is 1. The molecule has 1 unspecified atom stereocenters. The van der Waals surface area contributed by atoms with Crippen molar-refractivity contribution in [2.75, 3.05) is 5.32 Å². The van der Waals surface area contributed by atoms with Gasteiger partial charge in [-0.3, -0.25) is 4.79 Å². The van der Waals surface area contributed by atoms with E-state index in [0.29, 0.717) is 6.42 Å². The predicted octanol–water partition coefficient (Wildman–Crippen LogP) is 1.16.